The van der Waals surface area contributed by atoms with Crippen molar-refractivity contribution in [2.45, 2.75) is 116 Å². The molecule has 5 aliphatic rings. The first-order valence-corrected chi connectivity index (χ1v) is 14.2. The highest BCUT2D eigenvalue weighted by Crippen LogP contribution is 2.69. The molecule has 0 aromatic rings. The van der Waals surface area contributed by atoms with E-state index in [4.69, 9.17) is 9.47 Å². The SMILES string of the molecule is CC(=O)[C@H]1[C@H](O)C[C@H]2[C@@H]3CC=C4[C@@H](C[C@H](O[C@@H]5O[C@H](CO)[C@@H](O)[C@H](O)[C@H]5O)[C@H](O)C4(C)C)[C@]3(C)CC[C@@]21C. The third-order valence-corrected chi connectivity index (χ3v) is 11.6. The summed E-state index contributed by atoms with van der Waals surface area (Å²) in [6.45, 7) is 9.54. The Balaban J connectivity index is 1.44. The van der Waals surface area contributed by atoms with Crippen LogP contribution in [0.15, 0.2) is 11.6 Å². The first-order chi connectivity index (χ1) is 17.7. The number of Topliss-reactive ketones (excluding diaryl/α,β-unsaturated/α-hetero) is 1. The number of carbonyl (C=O) groups is 1. The molecule has 14 atom stereocenters. The second-order valence-electron chi connectivity index (χ2n) is 13.8. The molecule has 1 saturated heterocycles. The topological polar surface area (TPSA) is 157 Å². The maximum Gasteiger partial charge on any atom is 0.187 e. The molecular weight excluding hydrogens is 492 g/mol. The summed E-state index contributed by atoms with van der Waals surface area (Å²) >= 11 is 0. The monoisotopic (exact) mass is 538 g/mol. The zero-order valence-electron chi connectivity index (χ0n) is 23.2. The van der Waals surface area contributed by atoms with Crippen molar-refractivity contribution in [3.63, 3.8) is 0 Å². The highest BCUT2D eigenvalue weighted by Gasteiger charge is 2.65. The summed E-state index contributed by atoms with van der Waals surface area (Å²) in [5.41, 5.74) is 0.209. The highest BCUT2D eigenvalue weighted by atomic mass is 16.7. The summed E-state index contributed by atoms with van der Waals surface area (Å²) in [4.78, 5) is 12.6. The number of hydrogen-bond donors (Lipinski definition) is 6. The molecule has 6 N–H and O–H groups in total. The molecule has 0 amide bonds. The summed E-state index contributed by atoms with van der Waals surface area (Å²) < 4.78 is 11.8. The number of ether oxygens (including phenoxy) is 2. The predicted molar refractivity (Wildman–Crippen MR) is 136 cm³/mol. The molecular formula is C29H46O9. The van der Waals surface area contributed by atoms with Gasteiger partial charge in [-0.15, -0.1) is 0 Å². The Kier molecular flexibility index (Phi) is 7.22. The molecule has 9 heteroatoms. The lowest BCUT2D eigenvalue weighted by atomic mass is 9.43. The predicted octanol–water partition coefficient (Wildman–Crippen LogP) is 0.917. The Labute approximate surface area is 224 Å². The second-order valence-corrected chi connectivity index (χ2v) is 13.8. The smallest absolute Gasteiger partial charge is 0.187 e. The van der Waals surface area contributed by atoms with Crippen molar-refractivity contribution in [1.82, 2.24) is 0 Å². The summed E-state index contributed by atoms with van der Waals surface area (Å²) in [6.07, 6.45) is -3.24. The summed E-state index contributed by atoms with van der Waals surface area (Å²) in [5, 5.41) is 63.0. The third kappa shape index (κ3) is 3.99. The molecule has 38 heavy (non-hydrogen) atoms. The van der Waals surface area contributed by atoms with Gasteiger partial charge < -0.3 is 40.1 Å². The number of fused-ring (bicyclic) bond motifs is 5. The lowest BCUT2D eigenvalue weighted by Crippen LogP contribution is -2.62. The molecule has 0 unspecified atom stereocenters. The zero-order chi connectivity index (χ0) is 27.9. The minimum Gasteiger partial charge on any atom is -0.394 e. The van der Waals surface area contributed by atoms with E-state index in [2.05, 4.69) is 19.9 Å². The van der Waals surface area contributed by atoms with Crippen molar-refractivity contribution in [2.24, 2.45) is 39.9 Å². The summed E-state index contributed by atoms with van der Waals surface area (Å²) in [5.74, 6) is 0.283. The number of allylic oxidation sites excluding steroid dienone is 1. The normalized spacial score (nSPS) is 53.9. The summed E-state index contributed by atoms with van der Waals surface area (Å²) in [7, 11) is 0. The maximum atomic E-state index is 12.6. The molecule has 0 aromatic carbocycles. The molecule has 4 fully saturated rings. The van der Waals surface area contributed by atoms with Crippen LogP contribution < -0.4 is 0 Å². The van der Waals surface area contributed by atoms with Gasteiger partial charge >= 0.3 is 0 Å². The van der Waals surface area contributed by atoms with Crippen LogP contribution in [0.3, 0.4) is 0 Å². The maximum absolute atomic E-state index is 12.6. The van der Waals surface area contributed by atoms with E-state index in [0.29, 0.717) is 12.8 Å². The molecule has 0 radical (unpaired) electrons. The van der Waals surface area contributed by atoms with Crippen molar-refractivity contribution < 1.29 is 44.9 Å². The van der Waals surface area contributed by atoms with Gasteiger partial charge in [0.05, 0.1) is 24.9 Å². The highest BCUT2D eigenvalue weighted by molar-refractivity contribution is 5.80. The van der Waals surface area contributed by atoms with Gasteiger partial charge in [0.1, 0.15) is 30.2 Å². The fourth-order valence-electron chi connectivity index (χ4n) is 9.42. The van der Waals surface area contributed by atoms with Crippen molar-refractivity contribution in [3.05, 3.63) is 11.6 Å². The Morgan fingerprint density at radius 1 is 0.974 bits per heavy atom. The Hall–Kier alpha value is -0.910. The molecule has 5 rings (SSSR count). The van der Waals surface area contributed by atoms with Crippen LogP contribution in [0.1, 0.15) is 66.7 Å². The number of carbonyl (C=O) groups excluding carboxylic acids is 1. The minimum atomic E-state index is -1.55. The molecule has 1 aliphatic heterocycles. The third-order valence-electron chi connectivity index (χ3n) is 11.6. The van der Waals surface area contributed by atoms with E-state index in [-0.39, 0.29) is 40.3 Å². The van der Waals surface area contributed by atoms with Crippen molar-refractivity contribution in [3.8, 4) is 0 Å². The number of aliphatic hydroxyl groups excluding tert-OH is 6. The Bertz CT molecular complexity index is 964. The first kappa shape index (κ1) is 28.6. The van der Waals surface area contributed by atoms with E-state index in [1.54, 1.807) is 6.92 Å². The van der Waals surface area contributed by atoms with E-state index in [1.165, 1.54) is 5.57 Å². The van der Waals surface area contributed by atoms with E-state index in [0.717, 1.165) is 19.3 Å². The van der Waals surface area contributed by atoms with Crippen LogP contribution in [0.4, 0.5) is 0 Å². The minimum absolute atomic E-state index is 0.0630. The summed E-state index contributed by atoms with van der Waals surface area (Å²) in [6, 6.07) is 0. The van der Waals surface area contributed by atoms with Crippen LogP contribution in [-0.4, -0.2) is 92.0 Å². The van der Waals surface area contributed by atoms with Gasteiger partial charge in [-0.3, -0.25) is 4.79 Å². The van der Waals surface area contributed by atoms with Gasteiger partial charge in [-0.2, -0.15) is 0 Å². The van der Waals surface area contributed by atoms with E-state index >= 15 is 0 Å². The van der Waals surface area contributed by atoms with Gasteiger partial charge in [0.2, 0.25) is 0 Å². The quantitative estimate of drug-likeness (QED) is 0.286. The molecule has 216 valence electrons. The first-order valence-electron chi connectivity index (χ1n) is 14.2. The largest absolute Gasteiger partial charge is 0.394 e. The van der Waals surface area contributed by atoms with Crippen molar-refractivity contribution in [2.75, 3.05) is 6.61 Å². The average molecular weight is 539 g/mol. The molecule has 1 heterocycles. The average Bonchev–Trinajstić information content (AvgIpc) is 3.12. The van der Waals surface area contributed by atoms with Crippen molar-refractivity contribution >= 4 is 5.78 Å². The van der Waals surface area contributed by atoms with Crippen LogP contribution in [0, 0.1) is 39.9 Å². The van der Waals surface area contributed by atoms with E-state index in [9.17, 15) is 35.4 Å². The second kappa shape index (κ2) is 9.58. The molecule has 4 aliphatic carbocycles. The lowest BCUT2D eigenvalue weighted by Gasteiger charge is -2.62. The van der Waals surface area contributed by atoms with Crippen molar-refractivity contribution in [1.29, 1.82) is 0 Å². The van der Waals surface area contributed by atoms with Crippen LogP contribution in [0.2, 0.25) is 0 Å². The Morgan fingerprint density at radius 3 is 2.26 bits per heavy atom. The van der Waals surface area contributed by atoms with E-state index in [1.807, 2.05) is 13.8 Å². The molecule has 3 saturated carbocycles. The Morgan fingerprint density at radius 2 is 1.63 bits per heavy atom. The molecule has 0 aromatic heterocycles. The van der Waals surface area contributed by atoms with Gasteiger partial charge in [-0.1, -0.05) is 39.3 Å². The number of aliphatic hydroxyl groups is 6. The number of hydrogen-bond acceptors (Lipinski definition) is 9. The van der Waals surface area contributed by atoms with Crippen LogP contribution in [0.25, 0.3) is 0 Å². The fourth-order valence-corrected chi connectivity index (χ4v) is 9.42. The van der Waals surface area contributed by atoms with Gasteiger partial charge in [-0.25, -0.2) is 0 Å². The number of rotatable bonds is 4. The standard InChI is InChI=1S/C29H46O9/c1-13(31)21-18(32)10-16-15-7-6-14-17(28(15,4)8-9-29(16,21)5)11-19(25(36)27(14,2)3)37-26-24(35)23(34)22(33)20(12-30)38-26/h6,15-26,30,32-36H,7-12H2,1-5H3/t15-,16-,17+,18+,19-,20+,21-,22+,23-,24+,25-,26+,28+,29-/m0/s1. The zero-order valence-corrected chi connectivity index (χ0v) is 23.2. The van der Waals surface area contributed by atoms with Crippen LogP contribution >= 0.6 is 0 Å². The van der Waals surface area contributed by atoms with Gasteiger partial charge in [0.25, 0.3) is 0 Å². The molecule has 0 spiro atoms. The van der Waals surface area contributed by atoms with Crippen LogP contribution in [0.5, 0.6) is 0 Å². The molecule has 9 nitrogen and oxygen atoms in total. The van der Waals surface area contributed by atoms with E-state index < -0.39 is 61.0 Å². The lowest BCUT2D eigenvalue weighted by molar-refractivity contribution is -0.323. The van der Waals surface area contributed by atoms with Crippen LogP contribution in [-0.2, 0) is 14.3 Å². The fraction of sp³-hybridized carbons (Fsp3) is 0.897. The molecule has 0 bridgehead atoms. The number of ketones is 1. The van der Waals surface area contributed by atoms with Gasteiger partial charge in [0.15, 0.2) is 6.29 Å². The van der Waals surface area contributed by atoms with Gasteiger partial charge in [-0.05, 0) is 67.6 Å². The van der Waals surface area contributed by atoms with Gasteiger partial charge in [0, 0.05) is 11.3 Å².